The molecule has 3 heteroatoms. The summed E-state index contributed by atoms with van der Waals surface area (Å²) in [7, 11) is 0. The summed E-state index contributed by atoms with van der Waals surface area (Å²) in [5.74, 6) is 0.857. The molecule has 1 aromatic carbocycles. The summed E-state index contributed by atoms with van der Waals surface area (Å²) < 4.78 is 5.34. The van der Waals surface area contributed by atoms with Crippen molar-refractivity contribution in [1.29, 1.82) is 0 Å². The zero-order chi connectivity index (χ0) is 13.8. The average Bonchev–Trinajstić information content (AvgIpc) is 2.39. The lowest BCUT2D eigenvalue weighted by atomic mass is 9.83. The summed E-state index contributed by atoms with van der Waals surface area (Å²) in [6.07, 6.45) is 4.12. The van der Waals surface area contributed by atoms with Crippen molar-refractivity contribution in [2.24, 2.45) is 11.3 Å². The maximum absolute atomic E-state index is 9.65. The first-order chi connectivity index (χ1) is 9.80. The van der Waals surface area contributed by atoms with E-state index in [0.29, 0.717) is 13.2 Å². The fourth-order valence-corrected chi connectivity index (χ4v) is 3.16. The molecule has 3 rings (SSSR count). The molecule has 0 amide bonds. The standard InChI is InChI=1S/C17H25NO2/c19-12-17(13-20-14-17)11-18(10-16-7-4-8-16)9-15-5-2-1-3-6-15/h1-3,5-6,16,19H,4,7-14H2. The highest BCUT2D eigenvalue weighted by Crippen LogP contribution is 2.32. The highest BCUT2D eigenvalue weighted by atomic mass is 16.5. The fraction of sp³-hybridized carbons (Fsp3) is 0.647. The molecule has 1 aromatic rings. The van der Waals surface area contributed by atoms with E-state index in [1.807, 2.05) is 0 Å². The van der Waals surface area contributed by atoms with Crippen molar-refractivity contribution >= 4 is 0 Å². The third-order valence-electron chi connectivity index (χ3n) is 4.70. The maximum atomic E-state index is 9.65. The van der Waals surface area contributed by atoms with Crippen LogP contribution in [0.5, 0.6) is 0 Å². The molecular formula is C17H25NO2. The predicted octanol–water partition coefficient (Wildman–Crippen LogP) is 2.30. The largest absolute Gasteiger partial charge is 0.396 e. The lowest BCUT2D eigenvalue weighted by Gasteiger charge is -2.44. The summed E-state index contributed by atoms with van der Waals surface area (Å²) in [5.41, 5.74) is 1.35. The number of hydrogen-bond donors (Lipinski definition) is 1. The summed E-state index contributed by atoms with van der Waals surface area (Å²) in [4.78, 5) is 2.53. The third kappa shape index (κ3) is 3.22. The SMILES string of the molecule is OCC1(CN(Cc2ccccc2)CC2CCC2)COC1. The highest BCUT2D eigenvalue weighted by molar-refractivity contribution is 5.14. The maximum Gasteiger partial charge on any atom is 0.0579 e. The van der Waals surface area contributed by atoms with Crippen molar-refractivity contribution in [1.82, 2.24) is 4.90 Å². The van der Waals surface area contributed by atoms with Gasteiger partial charge in [-0.2, -0.15) is 0 Å². The van der Waals surface area contributed by atoms with E-state index >= 15 is 0 Å². The van der Waals surface area contributed by atoms with Gasteiger partial charge in [-0.3, -0.25) is 4.90 Å². The number of aliphatic hydroxyl groups is 1. The second-order valence-corrected chi connectivity index (χ2v) is 6.60. The van der Waals surface area contributed by atoms with E-state index in [9.17, 15) is 5.11 Å². The van der Waals surface area contributed by atoms with Crippen LogP contribution < -0.4 is 0 Å². The van der Waals surface area contributed by atoms with E-state index in [4.69, 9.17) is 4.74 Å². The van der Waals surface area contributed by atoms with Crippen molar-refractivity contribution in [3.05, 3.63) is 35.9 Å². The minimum atomic E-state index is -0.0153. The molecule has 1 saturated heterocycles. The zero-order valence-corrected chi connectivity index (χ0v) is 12.1. The van der Waals surface area contributed by atoms with Gasteiger partial charge in [-0.1, -0.05) is 36.8 Å². The van der Waals surface area contributed by atoms with Gasteiger partial charge in [0.15, 0.2) is 0 Å². The van der Waals surface area contributed by atoms with Crippen LogP contribution in [-0.2, 0) is 11.3 Å². The Hall–Kier alpha value is -0.900. The minimum absolute atomic E-state index is 0.0153. The lowest BCUT2D eigenvalue weighted by molar-refractivity contribution is -0.150. The zero-order valence-electron chi connectivity index (χ0n) is 12.1. The molecule has 1 aliphatic heterocycles. The Morgan fingerprint density at radius 3 is 2.45 bits per heavy atom. The van der Waals surface area contributed by atoms with Crippen LogP contribution in [-0.4, -0.2) is 42.9 Å². The van der Waals surface area contributed by atoms with Crippen molar-refractivity contribution in [2.75, 3.05) is 32.9 Å². The van der Waals surface area contributed by atoms with Gasteiger partial charge in [0.1, 0.15) is 0 Å². The van der Waals surface area contributed by atoms with E-state index < -0.39 is 0 Å². The molecule has 20 heavy (non-hydrogen) atoms. The van der Waals surface area contributed by atoms with Crippen LogP contribution in [0.25, 0.3) is 0 Å². The van der Waals surface area contributed by atoms with Crippen LogP contribution in [0.4, 0.5) is 0 Å². The molecule has 3 nitrogen and oxygen atoms in total. The summed E-state index contributed by atoms with van der Waals surface area (Å²) in [5, 5.41) is 9.65. The first-order valence-electron chi connectivity index (χ1n) is 7.75. The molecule has 0 aromatic heterocycles. The Balaban J connectivity index is 1.63. The number of benzene rings is 1. The quantitative estimate of drug-likeness (QED) is 0.829. The van der Waals surface area contributed by atoms with Crippen molar-refractivity contribution in [3.8, 4) is 0 Å². The minimum Gasteiger partial charge on any atom is -0.396 e. The molecule has 2 fully saturated rings. The molecule has 1 N–H and O–H groups in total. The molecule has 2 aliphatic rings. The Morgan fingerprint density at radius 2 is 1.95 bits per heavy atom. The number of ether oxygens (including phenoxy) is 1. The van der Waals surface area contributed by atoms with Crippen LogP contribution in [0.2, 0.25) is 0 Å². The molecule has 1 saturated carbocycles. The molecule has 0 radical (unpaired) electrons. The Bertz CT molecular complexity index is 407. The molecule has 1 aliphatic carbocycles. The summed E-state index contributed by atoms with van der Waals surface area (Å²) >= 11 is 0. The first-order valence-corrected chi connectivity index (χ1v) is 7.75. The first kappa shape index (κ1) is 14.1. The Morgan fingerprint density at radius 1 is 1.20 bits per heavy atom. The van der Waals surface area contributed by atoms with Crippen molar-refractivity contribution in [2.45, 2.75) is 25.8 Å². The number of aliphatic hydroxyl groups excluding tert-OH is 1. The smallest absolute Gasteiger partial charge is 0.0579 e. The predicted molar refractivity (Wildman–Crippen MR) is 79.4 cm³/mol. The van der Waals surface area contributed by atoms with Gasteiger partial charge < -0.3 is 9.84 Å². The molecule has 0 unspecified atom stereocenters. The van der Waals surface area contributed by atoms with Gasteiger partial charge in [-0.25, -0.2) is 0 Å². The summed E-state index contributed by atoms with van der Waals surface area (Å²) in [6, 6.07) is 10.7. The van der Waals surface area contributed by atoms with Crippen molar-refractivity contribution < 1.29 is 9.84 Å². The van der Waals surface area contributed by atoms with Gasteiger partial charge in [-0.05, 0) is 24.3 Å². The summed E-state index contributed by atoms with van der Waals surface area (Å²) in [6.45, 7) is 4.76. The van der Waals surface area contributed by atoms with E-state index in [1.165, 1.54) is 24.8 Å². The molecular weight excluding hydrogens is 250 g/mol. The van der Waals surface area contributed by atoms with Crippen LogP contribution in [0.3, 0.4) is 0 Å². The van der Waals surface area contributed by atoms with E-state index in [-0.39, 0.29) is 12.0 Å². The van der Waals surface area contributed by atoms with E-state index in [2.05, 4.69) is 35.2 Å². The van der Waals surface area contributed by atoms with E-state index in [1.54, 1.807) is 0 Å². The van der Waals surface area contributed by atoms with Crippen LogP contribution >= 0.6 is 0 Å². The Kier molecular flexibility index (Phi) is 4.39. The van der Waals surface area contributed by atoms with Gasteiger partial charge in [0, 0.05) is 19.6 Å². The average molecular weight is 275 g/mol. The van der Waals surface area contributed by atoms with Gasteiger partial charge in [0.25, 0.3) is 0 Å². The lowest BCUT2D eigenvalue weighted by Crippen LogP contribution is -2.54. The molecule has 0 bridgehead atoms. The number of hydrogen-bond acceptors (Lipinski definition) is 3. The van der Waals surface area contributed by atoms with Crippen LogP contribution in [0.1, 0.15) is 24.8 Å². The van der Waals surface area contributed by atoms with E-state index in [0.717, 1.165) is 25.6 Å². The van der Waals surface area contributed by atoms with Gasteiger partial charge >= 0.3 is 0 Å². The normalized spacial score (nSPS) is 21.5. The van der Waals surface area contributed by atoms with Crippen LogP contribution in [0, 0.1) is 11.3 Å². The second-order valence-electron chi connectivity index (χ2n) is 6.60. The molecule has 0 spiro atoms. The monoisotopic (exact) mass is 275 g/mol. The van der Waals surface area contributed by atoms with Gasteiger partial charge in [-0.15, -0.1) is 0 Å². The topological polar surface area (TPSA) is 32.7 Å². The third-order valence-corrected chi connectivity index (χ3v) is 4.70. The molecule has 0 atom stereocenters. The fourth-order valence-electron chi connectivity index (χ4n) is 3.16. The molecule has 1 heterocycles. The molecule has 110 valence electrons. The number of nitrogens with zero attached hydrogens (tertiary/aromatic N) is 1. The van der Waals surface area contributed by atoms with Crippen LogP contribution in [0.15, 0.2) is 30.3 Å². The second kappa shape index (κ2) is 6.25. The highest BCUT2D eigenvalue weighted by Gasteiger charge is 2.40. The number of rotatable bonds is 7. The van der Waals surface area contributed by atoms with Crippen molar-refractivity contribution in [3.63, 3.8) is 0 Å². The Labute approximate surface area is 121 Å². The van der Waals surface area contributed by atoms with Gasteiger partial charge in [0.05, 0.1) is 25.2 Å². The van der Waals surface area contributed by atoms with Gasteiger partial charge in [0.2, 0.25) is 0 Å².